The first-order chi connectivity index (χ1) is 8.22. The summed E-state index contributed by atoms with van der Waals surface area (Å²) in [6.45, 7) is 10.7. The maximum absolute atomic E-state index is 6.00. The number of ether oxygens (including phenoxy) is 1. The normalized spacial score (nSPS) is 18.5. The van der Waals surface area contributed by atoms with Crippen LogP contribution in [0.25, 0.3) is 0 Å². The summed E-state index contributed by atoms with van der Waals surface area (Å²) in [6.07, 6.45) is 4.63. The van der Waals surface area contributed by atoms with Gasteiger partial charge in [0.15, 0.2) is 0 Å². The predicted molar refractivity (Wildman–Crippen MR) is 68.4 cm³/mol. The van der Waals surface area contributed by atoms with Crippen LogP contribution in [0.5, 0.6) is 5.88 Å². The topological polar surface area (TPSA) is 30.3 Å². The highest BCUT2D eigenvalue weighted by atomic mass is 16.5. The number of aryl methyl sites for hydroxylation is 2. The van der Waals surface area contributed by atoms with E-state index in [9.17, 15) is 0 Å². The van der Waals surface area contributed by atoms with Crippen LogP contribution in [-0.4, -0.2) is 40.4 Å². The summed E-state index contributed by atoms with van der Waals surface area (Å²) in [6, 6.07) is 0. The zero-order valence-corrected chi connectivity index (χ0v) is 11.1. The second-order valence-electron chi connectivity index (χ2n) is 4.72. The Bertz CT molecular complexity index is 354. The minimum atomic E-state index is 0.344. The van der Waals surface area contributed by atoms with Gasteiger partial charge in [0, 0.05) is 31.4 Å². The summed E-state index contributed by atoms with van der Waals surface area (Å²) in [5, 5.41) is 4.44. The van der Waals surface area contributed by atoms with E-state index in [1.807, 2.05) is 4.68 Å². The zero-order valence-electron chi connectivity index (χ0n) is 11.1. The summed E-state index contributed by atoms with van der Waals surface area (Å²) in [5.74, 6) is 0.821. The molecule has 1 fully saturated rings. The Morgan fingerprint density at radius 3 is 2.53 bits per heavy atom. The van der Waals surface area contributed by atoms with Crippen molar-refractivity contribution in [3.05, 3.63) is 11.8 Å². The summed E-state index contributed by atoms with van der Waals surface area (Å²) in [4.78, 5) is 2.47. The molecule has 0 saturated carbocycles. The first kappa shape index (κ1) is 12.4. The van der Waals surface area contributed by atoms with Crippen molar-refractivity contribution < 1.29 is 4.74 Å². The molecule has 1 aromatic heterocycles. The van der Waals surface area contributed by atoms with E-state index in [-0.39, 0.29) is 0 Å². The van der Waals surface area contributed by atoms with E-state index < -0.39 is 0 Å². The lowest BCUT2D eigenvalue weighted by Crippen LogP contribution is -2.38. The molecule has 96 valence electrons. The fourth-order valence-corrected chi connectivity index (χ4v) is 2.28. The third kappa shape index (κ3) is 3.00. The molecule has 0 aliphatic carbocycles. The third-order valence-corrected chi connectivity index (χ3v) is 3.48. The highest BCUT2D eigenvalue weighted by Gasteiger charge is 2.20. The van der Waals surface area contributed by atoms with Gasteiger partial charge in [0.05, 0.1) is 0 Å². The summed E-state index contributed by atoms with van der Waals surface area (Å²) in [7, 11) is 0. The number of hydrogen-bond donors (Lipinski definition) is 0. The van der Waals surface area contributed by atoms with Crippen LogP contribution < -0.4 is 4.74 Å². The molecule has 0 spiro atoms. The fraction of sp³-hybridized carbons (Fsp3) is 0.769. The van der Waals surface area contributed by atoms with Crippen molar-refractivity contribution in [3.8, 4) is 5.88 Å². The minimum Gasteiger partial charge on any atom is -0.473 e. The van der Waals surface area contributed by atoms with Gasteiger partial charge in [-0.25, -0.2) is 0 Å². The van der Waals surface area contributed by atoms with Crippen LogP contribution in [-0.2, 0) is 6.54 Å². The van der Waals surface area contributed by atoms with Crippen molar-refractivity contribution in [1.29, 1.82) is 0 Å². The predicted octanol–water partition coefficient (Wildman–Crippen LogP) is 2.07. The van der Waals surface area contributed by atoms with E-state index >= 15 is 0 Å². The second kappa shape index (κ2) is 5.54. The molecule has 1 aliphatic heterocycles. The lowest BCUT2D eigenvalue weighted by atomic mass is 10.1. The zero-order chi connectivity index (χ0) is 12.3. The highest BCUT2D eigenvalue weighted by Crippen LogP contribution is 2.20. The minimum absolute atomic E-state index is 0.344. The quantitative estimate of drug-likeness (QED) is 0.803. The van der Waals surface area contributed by atoms with Gasteiger partial charge < -0.3 is 9.64 Å². The molecule has 0 atom stereocenters. The fourth-order valence-electron chi connectivity index (χ4n) is 2.28. The Hall–Kier alpha value is -1.03. The number of hydrogen-bond acceptors (Lipinski definition) is 3. The monoisotopic (exact) mass is 237 g/mol. The molecule has 2 rings (SSSR count). The molecule has 2 heterocycles. The van der Waals surface area contributed by atoms with Crippen molar-refractivity contribution in [2.45, 2.75) is 46.3 Å². The SMILES string of the molecule is CCN1CCC(Oc2nn(CC)cc2C)CC1. The Kier molecular flexibility index (Phi) is 4.05. The molecule has 4 nitrogen and oxygen atoms in total. The molecule has 0 unspecified atom stereocenters. The Morgan fingerprint density at radius 2 is 2.00 bits per heavy atom. The van der Waals surface area contributed by atoms with E-state index in [1.54, 1.807) is 0 Å². The standard InChI is InChI=1S/C13H23N3O/c1-4-15-8-6-12(7-9-15)17-13-11(3)10-16(5-2)14-13/h10,12H,4-9H2,1-3H3. The Labute approximate surface area is 104 Å². The molecule has 1 aliphatic rings. The molecule has 0 bridgehead atoms. The first-order valence-electron chi connectivity index (χ1n) is 6.66. The van der Waals surface area contributed by atoms with Gasteiger partial charge in [-0.2, -0.15) is 0 Å². The average Bonchev–Trinajstić information content (AvgIpc) is 2.71. The third-order valence-electron chi connectivity index (χ3n) is 3.48. The van der Waals surface area contributed by atoms with Gasteiger partial charge in [-0.15, -0.1) is 5.10 Å². The van der Waals surface area contributed by atoms with Crippen LogP contribution in [0.4, 0.5) is 0 Å². The van der Waals surface area contributed by atoms with Crippen LogP contribution in [0.2, 0.25) is 0 Å². The van der Waals surface area contributed by atoms with Gasteiger partial charge in [-0.1, -0.05) is 6.92 Å². The number of rotatable bonds is 4. The number of likely N-dealkylation sites (tertiary alicyclic amines) is 1. The van der Waals surface area contributed by atoms with E-state index in [2.05, 4.69) is 37.0 Å². The second-order valence-corrected chi connectivity index (χ2v) is 4.72. The van der Waals surface area contributed by atoms with Gasteiger partial charge in [0.2, 0.25) is 5.88 Å². The van der Waals surface area contributed by atoms with Gasteiger partial charge in [-0.05, 0) is 33.2 Å². The van der Waals surface area contributed by atoms with Crippen LogP contribution in [0, 0.1) is 6.92 Å². The molecule has 17 heavy (non-hydrogen) atoms. The molecule has 1 aromatic rings. The van der Waals surface area contributed by atoms with Crippen molar-refractivity contribution >= 4 is 0 Å². The van der Waals surface area contributed by atoms with E-state index in [1.165, 1.54) is 0 Å². The van der Waals surface area contributed by atoms with E-state index in [4.69, 9.17) is 4.74 Å². The van der Waals surface area contributed by atoms with E-state index in [0.717, 1.165) is 50.5 Å². The van der Waals surface area contributed by atoms with Crippen LogP contribution in [0.15, 0.2) is 6.20 Å². The summed E-state index contributed by atoms with van der Waals surface area (Å²) < 4.78 is 7.94. The van der Waals surface area contributed by atoms with Crippen LogP contribution >= 0.6 is 0 Å². The van der Waals surface area contributed by atoms with Gasteiger partial charge in [0.1, 0.15) is 6.10 Å². The Morgan fingerprint density at radius 1 is 1.29 bits per heavy atom. The van der Waals surface area contributed by atoms with Crippen molar-refractivity contribution in [1.82, 2.24) is 14.7 Å². The molecule has 0 radical (unpaired) electrons. The lowest BCUT2D eigenvalue weighted by Gasteiger charge is -2.30. The van der Waals surface area contributed by atoms with Gasteiger partial charge in [-0.3, -0.25) is 4.68 Å². The van der Waals surface area contributed by atoms with Crippen molar-refractivity contribution in [2.75, 3.05) is 19.6 Å². The van der Waals surface area contributed by atoms with Gasteiger partial charge in [0.25, 0.3) is 0 Å². The summed E-state index contributed by atoms with van der Waals surface area (Å²) in [5.41, 5.74) is 1.14. The largest absolute Gasteiger partial charge is 0.473 e. The molecule has 0 N–H and O–H groups in total. The first-order valence-corrected chi connectivity index (χ1v) is 6.66. The molecule has 0 aromatic carbocycles. The molecule has 1 saturated heterocycles. The van der Waals surface area contributed by atoms with Crippen molar-refractivity contribution in [3.63, 3.8) is 0 Å². The molecular formula is C13H23N3O. The van der Waals surface area contributed by atoms with Crippen molar-refractivity contribution in [2.24, 2.45) is 0 Å². The highest BCUT2D eigenvalue weighted by molar-refractivity contribution is 5.21. The Balaban J connectivity index is 1.90. The maximum Gasteiger partial charge on any atom is 0.235 e. The summed E-state index contributed by atoms with van der Waals surface area (Å²) >= 11 is 0. The average molecular weight is 237 g/mol. The lowest BCUT2D eigenvalue weighted by molar-refractivity contribution is 0.0985. The number of aromatic nitrogens is 2. The van der Waals surface area contributed by atoms with Crippen LogP contribution in [0.3, 0.4) is 0 Å². The number of piperidine rings is 1. The maximum atomic E-state index is 6.00. The van der Waals surface area contributed by atoms with E-state index in [0.29, 0.717) is 6.10 Å². The van der Waals surface area contributed by atoms with Gasteiger partial charge >= 0.3 is 0 Å². The smallest absolute Gasteiger partial charge is 0.235 e. The molecule has 4 heteroatoms. The molecule has 0 amide bonds. The van der Waals surface area contributed by atoms with Crippen LogP contribution in [0.1, 0.15) is 32.3 Å². The number of nitrogens with zero attached hydrogens (tertiary/aromatic N) is 3. The molecular weight excluding hydrogens is 214 g/mol.